The van der Waals surface area contributed by atoms with Crippen molar-refractivity contribution in [3.05, 3.63) is 67.4 Å². The van der Waals surface area contributed by atoms with E-state index < -0.39 is 0 Å². The number of halogens is 1. The number of nitrogens with one attached hydrogen (secondary N) is 2. The standard InChI is InChI=1S/C21H22ClN3O2S2/c1-13-11-18(25-20(26)15-7-3-4-8-16(15)22)29-19(13)21(27)23-10-6-5-9-17-24-14(2)12-28-17/h3-4,7-8,11-12H,5-6,9-10H2,1-2H3,(H,23,27)(H,25,26). The van der Waals surface area contributed by atoms with Crippen LogP contribution in [0.2, 0.25) is 5.02 Å². The Morgan fingerprint density at radius 3 is 2.66 bits per heavy atom. The maximum Gasteiger partial charge on any atom is 0.261 e. The van der Waals surface area contributed by atoms with Gasteiger partial charge in [-0.3, -0.25) is 9.59 Å². The molecule has 8 heteroatoms. The number of hydrogen-bond donors (Lipinski definition) is 2. The number of carbonyl (C=O) groups is 2. The molecule has 29 heavy (non-hydrogen) atoms. The second-order valence-electron chi connectivity index (χ2n) is 6.65. The third kappa shape index (κ3) is 5.88. The van der Waals surface area contributed by atoms with Gasteiger partial charge in [-0.2, -0.15) is 0 Å². The van der Waals surface area contributed by atoms with Crippen molar-refractivity contribution in [2.24, 2.45) is 0 Å². The summed E-state index contributed by atoms with van der Waals surface area (Å²) in [6.45, 7) is 4.47. The van der Waals surface area contributed by atoms with E-state index in [2.05, 4.69) is 21.0 Å². The molecule has 5 nitrogen and oxygen atoms in total. The predicted octanol–water partition coefficient (Wildman–Crippen LogP) is 5.48. The summed E-state index contributed by atoms with van der Waals surface area (Å²) in [7, 11) is 0. The summed E-state index contributed by atoms with van der Waals surface area (Å²) in [5.41, 5.74) is 2.30. The number of nitrogens with zero attached hydrogens (tertiary/aromatic N) is 1. The molecule has 2 heterocycles. The summed E-state index contributed by atoms with van der Waals surface area (Å²) in [6.07, 6.45) is 2.81. The van der Waals surface area contributed by atoms with Crippen LogP contribution in [0.15, 0.2) is 35.7 Å². The molecule has 0 spiro atoms. The first kappa shape index (κ1) is 21.5. The molecule has 2 aromatic heterocycles. The lowest BCUT2D eigenvalue weighted by atomic mass is 10.2. The Labute approximate surface area is 183 Å². The summed E-state index contributed by atoms with van der Waals surface area (Å²) in [4.78, 5) is 29.9. The van der Waals surface area contributed by atoms with Crippen molar-refractivity contribution < 1.29 is 9.59 Å². The zero-order valence-corrected chi connectivity index (χ0v) is 18.6. The van der Waals surface area contributed by atoms with Gasteiger partial charge in [0.25, 0.3) is 11.8 Å². The lowest BCUT2D eigenvalue weighted by Crippen LogP contribution is -2.24. The molecule has 0 fully saturated rings. The van der Waals surface area contributed by atoms with Gasteiger partial charge in [-0.15, -0.1) is 22.7 Å². The van der Waals surface area contributed by atoms with Crippen molar-refractivity contribution in [2.45, 2.75) is 33.1 Å². The highest BCUT2D eigenvalue weighted by Crippen LogP contribution is 2.27. The van der Waals surface area contributed by atoms with Crippen molar-refractivity contribution in [3.8, 4) is 0 Å². The van der Waals surface area contributed by atoms with Crippen molar-refractivity contribution in [3.63, 3.8) is 0 Å². The molecule has 0 saturated carbocycles. The lowest BCUT2D eigenvalue weighted by molar-refractivity contribution is 0.0955. The number of carbonyl (C=O) groups excluding carboxylic acids is 2. The Bertz CT molecular complexity index is 1010. The fourth-order valence-corrected chi connectivity index (χ4v) is 4.82. The highest BCUT2D eigenvalue weighted by atomic mass is 35.5. The van der Waals surface area contributed by atoms with Crippen LogP contribution in [0, 0.1) is 13.8 Å². The molecule has 3 aromatic rings. The van der Waals surface area contributed by atoms with Crippen LogP contribution in [0.1, 0.15) is 49.1 Å². The van der Waals surface area contributed by atoms with Gasteiger partial charge in [0.15, 0.2) is 0 Å². The highest BCUT2D eigenvalue weighted by molar-refractivity contribution is 7.18. The lowest BCUT2D eigenvalue weighted by Gasteiger charge is -2.05. The van der Waals surface area contributed by atoms with Crippen LogP contribution in [0.3, 0.4) is 0 Å². The average Bonchev–Trinajstić information content (AvgIpc) is 3.26. The van der Waals surface area contributed by atoms with E-state index in [1.165, 1.54) is 11.3 Å². The monoisotopic (exact) mass is 447 g/mol. The number of rotatable bonds is 8. The summed E-state index contributed by atoms with van der Waals surface area (Å²) < 4.78 is 0. The van der Waals surface area contributed by atoms with Gasteiger partial charge in [0.05, 0.1) is 25.5 Å². The normalized spacial score (nSPS) is 10.7. The number of amides is 2. The van der Waals surface area contributed by atoms with Crippen LogP contribution in [0.5, 0.6) is 0 Å². The largest absolute Gasteiger partial charge is 0.351 e. The molecule has 0 saturated heterocycles. The number of hydrogen-bond acceptors (Lipinski definition) is 5. The molecule has 2 N–H and O–H groups in total. The van der Waals surface area contributed by atoms with E-state index in [9.17, 15) is 9.59 Å². The van der Waals surface area contributed by atoms with Gasteiger partial charge in [0.1, 0.15) is 0 Å². The van der Waals surface area contributed by atoms with Gasteiger partial charge >= 0.3 is 0 Å². The topological polar surface area (TPSA) is 71.1 Å². The predicted molar refractivity (Wildman–Crippen MR) is 121 cm³/mol. The zero-order valence-electron chi connectivity index (χ0n) is 16.3. The molecule has 1 aromatic carbocycles. The maximum atomic E-state index is 12.5. The first-order valence-electron chi connectivity index (χ1n) is 9.29. The smallest absolute Gasteiger partial charge is 0.261 e. The first-order valence-corrected chi connectivity index (χ1v) is 11.4. The van der Waals surface area contributed by atoms with Gasteiger partial charge in [0.2, 0.25) is 0 Å². The molecule has 0 aliphatic heterocycles. The molecule has 152 valence electrons. The first-order chi connectivity index (χ1) is 13.9. The van der Waals surface area contributed by atoms with Crippen molar-refractivity contribution in [1.82, 2.24) is 10.3 Å². The van der Waals surface area contributed by atoms with Crippen molar-refractivity contribution >= 4 is 51.1 Å². The molecule has 3 rings (SSSR count). The minimum absolute atomic E-state index is 0.115. The number of unbranched alkanes of at least 4 members (excludes halogenated alkanes) is 1. The third-order valence-electron chi connectivity index (χ3n) is 4.25. The Morgan fingerprint density at radius 2 is 1.93 bits per heavy atom. The van der Waals surface area contributed by atoms with Crippen LogP contribution in [0.4, 0.5) is 5.00 Å². The minimum atomic E-state index is -0.291. The molecule has 2 amide bonds. The summed E-state index contributed by atoms with van der Waals surface area (Å²) >= 11 is 9.01. The molecular formula is C21H22ClN3O2S2. The molecule has 0 aliphatic carbocycles. The number of thiazole rings is 1. The van der Waals surface area contributed by atoms with Crippen molar-refractivity contribution in [1.29, 1.82) is 0 Å². The van der Waals surface area contributed by atoms with E-state index >= 15 is 0 Å². The quantitative estimate of drug-likeness (QED) is 0.449. The Kier molecular flexibility index (Phi) is 7.41. The van der Waals surface area contributed by atoms with E-state index in [0.29, 0.717) is 27.0 Å². The van der Waals surface area contributed by atoms with Gasteiger partial charge in [-0.05, 0) is 56.9 Å². The van der Waals surface area contributed by atoms with E-state index in [1.54, 1.807) is 41.7 Å². The Hall–Kier alpha value is -2.22. The summed E-state index contributed by atoms with van der Waals surface area (Å²) in [5.74, 6) is -0.405. The summed E-state index contributed by atoms with van der Waals surface area (Å²) in [5, 5.41) is 9.99. The van der Waals surface area contributed by atoms with Crippen LogP contribution in [-0.4, -0.2) is 23.3 Å². The van der Waals surface area contributed by atoms with Crippen LogP contribution in [-0.2, 0) is 6.42 Å². The maximum absolute atomic E-state index is 12.5. The van der Waals surface area contributed by atoms with Gasteiger partial charge in [0, 0.05) is 17.6 Å². The number of aryl methyl sites for hydroxylation is 3. The van der Waals surface area contributed by atoms with Gasteiger partial charge in [-0.1, -0.05) is 23.7 Å². The van der Waals surface area contributed by atoms with Crippen LogP contribution < -0.4 is 10.6 Å². The number of anilines is 1. The average molecular weight is 448 g/mol. The van der Waals surface area contributed by atoms with Gasteiger partial charge < -0.3 is 10.6 Å². The number of benzene rings is 1. The minimum Gasteiger partial charge on any atom is -0.351 e. The molecular weight excluding hydrogens is 426 g/mol. The second-order valence-corrected chi connectivity index (χ2v) is 9.05. The van der Waals surface area contributed by atoms with E-state index in [-0.39, 0.29) is 11.8 Å². The molecule has 0 bridgehead atoms. The highest BCUT2D eigenvalue weighted by Gasteiger charge is 2.16. The molecule has 0 aliphatic rings. The Balaban J connectivity index is 1.49. The van der Waals surface area contributed by atoms with E-state index in [4.69, 9.17) is 11.6 Å². The Morgan fingerprint density at radius 1 is 1.14 bits per heavy atom. The third-order valence-corrected chi connectivity index (χ3v) is 6.76. The fraction of sp³-hybridized carbons (Fsp3) is 0.286. The van der Waals surface area contributed by atoms with Gasteiger partial charge in [-0.25, -0.2) is 4.98 Å². The van der Waals surface area contributed by atoms with Crippen LogP contribution >= 0.6 is 34.3 Å². The fourth-order valence-electron chi connectivity index (χ4n) is 2.79. The number of thiophene rings is 1. The zero-order chi connectivity index (χ0) is 20.8. The molecule has 0 radical (unpaired) electrons. The van der Waals surface area contributed by atoms with E-state index in [0.717, 1.165) is 35.5 Å². The molecule has 0 unspecified atom stereocenters. The van der Waals surface area contributed by atoms with E-state index in [1.807, 2.05) is 13.8 Å². The van der Waals surface area contributed by atoms with Crippen LogP contribution in [0.25, 0.3) is 0 Å². The number of aromatic nitrogens is 1. The second kappa shape index (κ2) is 10.0. The SMILES string of the molecule is Cc1csc(CCCCNC(=O)c2sc(NC(=O)c3ccccc3Cl)cc2C)n1. The summed E-state index contributed by atoms with van der Waals surface area (Å²) in [6, 6.07) is 8.67. The molecule has 0 atom stereocenters. The van der Waals surface area contributed by atoms with Crippen molar-refractivity contribution in [2.75, 3.05) is 11.9 Å².